The van der Waals surface area contributed by atoms with Gasteiger partial charge in [0.15, 0.2) is 16.9 Å². The lowest BCUT2D eigenvalue weighted by atomic mass is 10.1. The maximum atomic E-state index is 7.78. The molecule has 0 aliphatic heterocycles. The van der Waals surface area contributed by atoms with Gasteiger partial charge in [-0.2, -0.15) is 9.13 Å². The predicted octanol–water partition coefficient (Wildman–Crippen LogP) is 5.73. The van der Waals surface area contributed by atoms with Crippen molar-refractivity contribution >= 4 is 27.5 Å². The van der Waals surface area contributed by atoms with E-state index in [4.69, 9.17) is 11.6 Å². The molecule has 0 N–H and O–H groups in total. The van der Waals surface area contributed by atoms with Gasteiger partial charge in [-0.15, -0.1) is 0 Å². The first-order chi connectivity index (χ1) is 15.5. The highest BCUT2D eigenvalue weighted by Crippen LogP contribution is 2.26. The summed E-state index contributed by atoms with van der Waals surface area (Å²) in [7, 11) is 0. The van der Waals surface area contributed by atoms with Gasteiger partial charge in [0.05, 0.1) is 17.5 Å². The topological polar surface area (TPSA) is 25.0 Å². The molecule has 0 aliphatic rings. The van der Waals surface area contributed by atoms with Crippen molar-refractivity contribution in [2.45, 2.75) is 27.7 Å². The smallest absolute Gasteiger partial charge is 0.238 e. The Labute approximate surface area is 187 Å². The van der Waals surface area contributed by atoms with Crippen LogP contribution in [0.4, 0.5) is 5.69 Å². The number of aromatic nitrogens is 3. The number of pyridine rings is 1. The Bertz CT molecular complexity index is 1580. The Hall–Kier alpha value is -4.10. The van der Waals surface area contributed by atoms with Crippen molar-refractivity contribution in [3.63, 3.8) is 0 Å². The quantitative estimate of drug-likeness (QED) is 0.267. The highest BCUT2D eigenvalue weighted by molar-refractivity contribution is 5.80. The van der Waals surface area contributed by atoms with Crippen LogP contribution in [0.3, 0.4) is 0 Å². The molecule has 0 atom stereocenters. The zero-order chi connectivity index (χ0) is 22.4. The van der Waals surface area contributed by atoms with Crippen LogP contribution in [-0.2, 0) is 0 Å². The molecule has 5 rings (SSSR count). The SMILES string of the molecule is [C-]#[N+]c1cc(-[n+]2c(C)nc3ccccc3c2C)c(C)c(-[n+]2c(C)ccc3ccccc32)c1. The normalized spacial score (nSPS) is 11.1. The van der Waals surface area contributed by atoms with Crippen LogP contribution in [0.5, 0.6) is 0 Å². The van der Waals surface area contributed by atoms with Gasteiger partial charge < -0.3 is 0 Å². The molecule has 0 saturated heterocycles. The van der Waals surface area contributed by atoms with Gasteiger partial charge in [-0.25, -0.2) is 4.85 Å². The Morgan fingerprint density at radius 1 is 0.781 bits per heavy atom. The van der Waals surface area contributed by atoms with Crippen molar-refractivity contribution < 1.29 is 9.13 Å². The summed E-state index contributed by atoms with van der Waals surface area (Å²) in [5, 5.41) is 2.28. The van der Waals surface area contributed by atoms with Crippen molar-refractivity contribution in [1.29, 1.82) is 0 Å². The fraction of sp³-hybridized carbons (Fsp3) is 0.143. The molecule has 0 unspecified atom stereocenters. The summed E-state index contributed by atoms with van der Waals surface area (Å²) >= 11 is 0. The van der Waals surface area contributed by atoms with E-state index in [-0.39, 0.29) is 0 Å². The summed E-state index contributed by atoms with van der Waals surface area (Å²) in [6, 6.07) is 24.8. The summed E-state index contributed by atoms with van der Waals surface area (Å²) in [6.45, 7) is 16.2. The van der Waals surface area contributed by atoms with E-state index in [0.29, 0.717) is 5.69 Å². The first kappa shape index (κ1) is 19.8. The molecule has 2 heterocycles. The van der Waals surface area contributed by atoms with Crippen molar-refractivity contribution in [3.8, 4) is 11.4 Å². The number of benzene rings is 3. The first-order valence-corrected chi connectivity index (χ1v) is 10.7. The number of para-hydroxylation sites is 2. The Balaban J connectivity index is 1.88. The second kappa shape index (κ2) is 7.55. The number of rotatable bonds is 2. The second-order valence-corrected chi connectivity index (χ2v) is 8.19. The molecule has 0 amide bonds. The lowest BCUT2D eigenvalue weighted by Crippen LogP contribution is -2.42. The van der Waals surface area contributed by atoms with E-state index in [0.717, 1.165) is 50.6 Å². The lowest BCUT2D eigenvalue weighted by Gasteiger charge is -2.13. The van der Waals surface area contributed by atoms with Crippen LogP contribution in [0.1, 0.15) is 22.8 Å². The van der Waals surface area contributed by atoms with Gasteiger partial charge in [-0.05, 0) is 49.2 Å². The van der Waals surface area contributed by atoms with Crippen LogP contribution < -0.4 is 9.13 Å². The fourth-order valence-corrected chi connectivity index (χ4v) is 4.64. The number of aryl methyl sites for hydroxylation is 3. The van der Waals surface area contributed by atoms with E-state index in [1.54, 1.807) is 0 Å². The van der Waals surface area contributed by atoms with Gasteiger partial charge in [0.2, 0.25) is 11.2 Å². The first-order valence-electron chi connectivity index (χ1n) is 10.7. The van der Waals surface area contributed by atoms with Crippen LogP contribution in [-0.4, -0.2) is 4.98 Å². The minimum atomic E-state index is 0.611. The molecule has 4 heteroatoms. The van der Waals surface area contributed by atoms with Gasteiger partial charge in [0.1, 0.15) is 11.4 Å². The Kier molecular flexibility index (Phi) is 4.68. The van der Waals surface area contributed by atoms with Crippen LogP contribution in [0.2, 0.25) is 0 Å². The molecule has 0 spiro atoms. The number of hydrogen-bond donors (Lipinski definition) is 0. The molecule has 5 aromatic rings. The highest BCUT2D eigenvalue weighted by atomic mass is 15.1. The van der Waals surface area contributed by atoms with Crippen LogP contribution >= 0.6 is 0 Å². The Morgan fingerprint density at radius 3 is 2.25 bits per heavy atom. The molecule has 0 radical (unpaired) electrons. The summed E-state index contributed by atoms with van der Waals surface area (Å²) < 4.78 is 4.43. The summed E-state index contributed by atoms with van der Waals surface area (Å²) in [4.78, 5) is 8.68. The number of nitrogens with zero attached hydrogens (tertiary/aromatic N) is 4. The Morgan fingerprint density at radius 2 is 1.47 bits per heavy atom. The maximum Gasteiger partial charge on any atom is 0.301 e. The molecule has 154 valence electrons. The average molecular weight is 417 g/mol. The van der Waals surface area contributed by atoms with Gasteiger partial charge in [0, 0.05) is 37.4 Å². The molecule has 32 heavy (non-hydrogen) atoms. The molecular weight excluding hydrogens is 392 g/mol. The van der Waals surface area contributed by atoms with Gasteiger partial charge in [-0.3, -0.25) is 0 Å². The standard InChI is InChI=1S/C28H24N4/c1-18-14-15-22-10-6-9-13-26(22)31(18)27-16-23(29-5)17-28(19(27)2)32-20(3)24-11-7-8-12-25(24)30-21(32)4/h6-17H,1-4H3/q+2. The van der Waals surface area contributed by atoms with Crippen LogP contribution in [0, 0.1) is 34.3 Å². The van der Waals surface area contributed by atoms with E-state index in [1.165, 1.54) is 5.39 Å². The molecule has 0 bridgehead atoms. The number of hydrogen-bond acceptors (Lipinski definition) is 1. The molecular formula is C28H24N4+2. The predicted molar refractivity (Wildman–Crippen MR) is 128 cm³/mol. The largest absolute Gasteiger partial charge is 0.301 e. The van der Waals surface area contributed by atoms with Crippen molar-refractivity contribution in [3.05, 3.63) is 107 Å². The monoisotopic (exact) mass is 416 g/mol. The van der Waals surface area contributed by atoms with E-state index in [9.17, 15) is 0 Å². The molecule has 3 aromatic carbocycles. The zero-order valence-electron chi connectivity index (χ0n) is 18.7. The zero-order valence-corrected chi connectivity index (χ0v) is 18.7. The lowest BCUT2D eigenvalue weighted by molar-refractivity contribution is -0.613. The highest BCUT2D eigenvalue weighted by Gasteiger charge is 2.26. The third-order valence-electron chi connectivity index (χ3n) is 6.22. The maximum absolute atomic E-state index is 7.78. The van der Waals surface area contributed by atoms with Crippen LogP contribution in [0.15, 0.2) is 72.8 Å². The molecule has 0 fully saturated rings. The second-order valence-electron chi connectivity index (χ2n) is 8.19. The van der Waals surface area contributed by atoms with Gasteiger partial charge in [0.25, 0.3) is 0 Å². The summed E-state index contributed by atoms with van der Waals surface area (Å²) in [5.41, 5.74) is 8.06. The van der Waals surface area contributed by atoms with Crippen molar-refractivity contribution in [2.24, 2.45) is 0 Å². The van der Waals surface area contributed by atoms with Crippen molar-refractivity contribution in [2.75, 3.05) is 0 Å². The van der Waals surface area contributed by atoms with Gasteiger partial charge in [-0.1, -0.05) is 24.3 Å². The molecule has 2 aromatic heterocycles. The number of fused-ring (bicyclic) bond motifs is 2. The summed E-state index contributed by atoms with van der Waals surface area (Å²) in [5.74, 6) is 0.900. The summed E-state index contributed by atoms with van der Waals surface area (Å²) in [6.07, 6.45) is 0. The fourth-order valence-electron chi connectivity index (χ4n) is 4.64. The van der Waals surface area contributed by atoms with E-state index in [2.05, 4.69) is 77.2 Å². The van der Waals surface area contributed by atoms with Gasteiger partial charge >= 0.3 is 5.82 Å². The third-order valence-corrected chi connectivity index (χ3v) is 6.22. The third kappa shape index (κ3) is 3.02. The average Bonchev–Trinajstić information content (AvgIpc) is 2.80. The molecule has 0 saturated carbocycles. The van der Waals surface area contributed by atoms with Crippen LogP contribution in [0.25, 0.3) is 38.0 Å². The van der Waals surface area contributed by atoms with E-state index >= 15 is 0 Å². The molecule has 4 nitrogen and oxygen atoms in total. The minimum Gasteiger partial charge on any atom is -0.238 e. The minimum absolute atomic E-state index is 0.611. The van der Waals surface area contributed by atoms with Crippen molar-refractivity contribution in [1.82, 2.24) is 4.98 Å². The molecule has 0 aliphatic carbocycles. The van der Waals surface area contributed by atoms with E-state index < -0.39 is 0 Å². The van der Waals surface area contributed by atoms with E-state index in [1.807, 2.05) is 37.3 Å².